The first kappa shape index (κ1) is 12.8. The molecule has 0 aliphatic heterocycles. The Bertz CT molecular complexity index is 318. The summed E-state index contributed by atoms with van der Waals surface area (Å²) in [5.74, 6) is -0.268. The van der Waals surface area contributed by atoms with Crippen LogP contribution in [0.5, 0.6) is 0 Å². The zero-order chi connectivity index (χ0) is 11.8. The molecule has 0 atom stereocenters. The van der Waals surface area contributed by atoms with Crippen molar-refractivity contribution in [2.24, 2.45) is 0 Å². The van der Waals surface area contributed by atoms with E-state index in [1.165, 1.54) is 12.1 Å². The Morgan fingerprint density at radius 1 is 1.31 bits per heavy atom. The molecule has 0 bridgehead atoms. The SMILES string of the molecule is COCCCCCNc1cc(F)ccc1N. The first-order valence-corrected chi connectivity index (χ1v) is 5.52. The van der Waals surface area contributed by atoms with Gasteiger partial charge in [0.1, 0.15) is 5.82 Å². The number of nitrogen functional groups attached to an aromatic ring is 1. The van der Waals surface area contributed by atoms with Gasteiger partial charge in [-0.2, -0.15) is 0 Å². The molecule has 0 unspecified atom stereocenters. The molecule has 0 heterocycles. The maximum absolute atomic E-state index is 12.9. The fourth-order valence-electron chi connectivity index (χ4n) is 1.45. The molecule has 0 radical (unpaired) electrons. The maximum Gasteiger partial charge on any atom is 0.125 e. The number of unbranched alkanes of at least 4 members (excludes halogenated alkanes) is 2. The number of ether oxygens (including phenoxy) is 1. The van der Waals surface area contributed by atoms with E-state index in [1.54, 1.807) is 13.2 Å². The van der Waals surface area contributed by atoms with Crippen molar-refractivity contribution in [1.82, 2.24) is 0 Å². The van der Waals surface area contributed by atoms with E-state index in [2.05, 4.69) is 5.32 Å². The van der Waals surface area contributed by atoms with Crippen LogP contribution < -0.4 is 11.1 Å². The van der Waals surface area contributed by atoms with Gasteiger partial charge in [0.15, 0.2) is 0 Å². The minimum atomic E-state index is -0.268. The monoisotopic (exact) mass is 226 g/mol. The molecule has 0 saturated carbocycles. The molecule has 16 heavy (non-hydrogen) atoms. The minimum absolute atomic E-state index is 0.268. The van der Waals surface area contributed by atoms with Gasteiger partial charge < -0.3 is 15.8 Å². The van der Waals surface area contributed by atoms with E-state index in [1.807, 2.05) is 0 Å². The van der Waals surface area contributed by atoms with E-state index in [4.69, 9.17) is 10.5 Å². The average molecular weight is 226 g/mol. The second-order valence-corrected chi connectivity index (χ2v) is 3.71. The zero-order valence-corrected chi connectivity index (χ0v) is 9.63. The van der Waals surface area contributed by atoms with E-state index in [0.29, 0.717) is 11.4 Å². The molecular formula is C12H19FN2O. The number of rotatable bonds is 7. The molecule has 90 valence electrons. The number of anilines is 2. The van der Waals surface area contributed by atoms with E-state index >= 15 is 0 Å². The molecule has 0 amide bonds. The number of methoxy groups -OCH3 is 1. The normalized spacial score (nSPS) is 10.4. The molecule has 0 aliphatic carbocycles. The van der Waals surface area contributed by atoms with Gasteiger partial charge in [0.05, 0.1) is 11.4 Å². The number of benzene rings is 1. The van der Waals surface area contributed by atoms with Gasteiger partial charge in [-0.3, -0.25) is 0 Å². The highest BCUT2D eigenvalue weighted by atomic mass is 19.1. The summed E-state index contributed by atoms with van der Waals surface area (Å²) in [6.45, 7) is 1.60. The van der Waals surface area contributed by atoms with Crippen molar-refractivity contribution < 1.29 is 9.13 Å². The minimum Gasteiger partial charge on any atom is -0.397 e. The molecular weight excluding hydrogens is 207 g/mol. The third kappa shape index (κ3) is 4.49. The second kappa shape index (κ2) is 7.06. The summed E-state index contributed by atoms with van der Waals surface area (Å²) in [5.41, 5.74) is 6.96. The number of halogens is 1. The number of nitrogens with two attached hydrogens (primary N) is 1. The summed E-state index contributed by atoms with van der Waals surface area (Å²) in [5, 5.41) is 3.12. The quantitative estimate of drug-likeness (QED) is 0.555. The van der Waals surface area contributed by atoms with E-state index < -0.39 is 0 Å². The molecule has 0 aliphatic rings. The molecule has 3 N–H and O–H groups in total. The van der Waals surface area contributed by atoms with Crippen molar-refractivity contribution in [3.05, 3.63) is 24.0 Å². The lowest BCUT2D eigenvalue weighted by Gasteiger charge is -2.09. The van der Waals surface area contributed by atoms with E-state index in [9.17, 15) is 4.39 Å². The van der Waals surface area contributed by atoms with Crippen LogP contribution in [0.3, 0.4) is 0 Å². The van der Waals surface area contributed by atoms with Crippen LogP contribution in [0.4, 0.5) is 15.8 Å². The van der Waals surface area contributed by atoms with Crippen LogP contribution in [0.1, 0.15) is 19.3 Å². The maximum atomic E-state index is 12.9. The summed E-state index contributed by atoms with van der Waals surface area (Å²) < 4.78 is 17.9. The zero-order valence-electron chi connectivity index (χ0n) is 9.63. The fourth-order valence-corrected chi connectivity index (χ4v) is 1.45. The smallest absolute Gasteiger partial charge is 0.125 e. The largest absolute Gasteiger partial charge is 0.397 e. The molecule has 1 aromatic carbocycles. The van der Waals surface area contributed by atoms with Crippen LogP contribution in [0.2, 0.25) is 0 Å². The highest BCUT2D eigenvalue weighted by molar-refractivity contribution is 5.65. The Hall–Kier alpha value is -1.29. The van der Waals surface area contributed by atoms with Crippen molar-refractivity contribution in [1.29, 1.82) is 0 Å². The predicted molar refractivity (Wildman–Crippen MR) is 65.0 cm³/mol. The second-order valence-electron chi connectivity index (χ2n) is 3.71. The molecule has 0 fully saturated rings. The van der Waals surface area contributed by atoms with Gasteiger partial charge in [0.25, 0.3) is 0 Å². The van der Waals surface area contributed by atoms with Crippen LogP contribution in [0.15, 0.2) is 18.2 Å². The lowest BCUT2D eigenvalue weighted by molar-refractivity contribution is 0.192. The molecule has 0 aromatic heterocycles. The third-order valence-corrected chi connectivity index (χ3v) is 2.36. The van der Waals surface area contributed by atoms with Crippen LogP contribution >= 0.6 is 0 Å². The van der Waals surface area contributed by atoms with Gasteiger partial charge in [0, 0.05) is 20.3 Å². The van der Waals surface area contributed by atoms with Gasteiger partial charge >= 0.3 is 0 Å². The summed E-state index contributed by atoms with van der Waals surface area (Å²) in [6.07, 6.45) is 3.17. The lowest BCUT2D eigenvalue weighted by atomic mass is 10.2. The Labute approximate surface area is 95.8 Å². The first-order valence-electron chi connectivity index (χ1n) is 5.52. The van der Waals surface area contributed by atoms with Crippen molar-refractivity contribution in [3.63, 3.8) is 0 Å². The Balaban J connectivity index is 2.23. The highest BCUT2D eigenvalue weighted by Crippen LogP contribution is 2.19. The number of hydrogen-bond donors (Lipinski definition) is 2. The lowest BCUT2D eigenvalue weighted by Crippen LogP contribution is -2.05. The highest BCUT2D eigenvalue weighted by Gasteiger charge is 1.99. The summed E-state index contributed by atoms with van der Waals surface area (Å²) >= 11 is 0. The van der Waals surface area contributed by atoms with Gasteiger partial charge in [-0.25, -0.2) is 4.39 Å². The average Bonchev–Trinajstić information content (AvgIpc) is 2.28. The predicted octanol–water partition coefficient (Wildman–Crippen LogP) is 2.64. The fraction of sp³-hybridized carbons (Fsp3) is 0.500. The first-order chi connectivity index (χ1) is 7.74. The number of hydrogen-bond acceptors (Lipinski definition) is 3. The van der Waals surface area contributed by atoms with Crippen molar-refractivity contribution >= 4 is 11.4 Å². The molecule has 0 spiro atoms. The summed E-state index contributed by atoms with van der Waals surface area (Å²) in [6, 6.07) is 4.35. The topological polar surface area (TPSA) is 47.3 Å². The van der Waals surface area contributed by atoms with Crippen molar-refractivity contribution in [2.45, 2.75) is 19.3 Å². The van der Waals surface area contributed by atoms with Crippen LogP contribution in [0, 0.1) is 5.82 Å². The van der Waals surface area contributed by atoms with E-state index in [0.717, 1.165) is 32.4 Å². The van der Waals surface area contributed by atoms with Gasteiger partial charge in [-0.15, -0.1) is 0 Å². The van der Waals surface area contributed by atoms with Crippen molar-refractivity contribution in [2.75, 3.05) is 31.3 Å². The number of nitrogens with one attached hydrogen (secondary N) is 1. The Kier molecular flexibility index (Phi) is 5.64. The van der Waals surface area contributed by atoms with Crippen molar-refractivity contribution in [3.8, 4) is 0 Å². The molecule has 4 heteroatoms. The van der Waals surface area contributed by atoms with Gasteiger partial charge in [-0.1, -0.05) is 0 Å². The van der Waals surface area contributed by atoms with E-state index in [-0.39, 0.29) is 5.82 Å². The standard InChI is InChI=1S/C12H19FN2O/c1-16-8-4-2-3-7-15-12-9-10(13)5-6-11(12)14/h5-6,9,15H,2-4,7-8,14H2,1H3. The Morgan fingerprint density at radius 2 is 2.12 bits per heavy atom. The van der Waals surface area contributed by atoms with Gasteiger partial charge in [0.2, 0.25) is 0 Å². The molecule has 1 aromatic rings. The van der Waals surface area contributed by atoms with Crippen LogP contribution in [0.25, 0.3) is 0 Å². The van der Waals surface area contributed by atoms with Crippen LogP contribution in [-0.2, 0) is 4.74 Å². The Morgan fingerprint density at radius 3 is 2.88 bits per heavy atom. The molecule has 1 rings (SSSR count). The van der Waals surface area contributed by atoms with Crippen LogP contribution in [-0.4, -0.2) is 20.3 Å². The summed E-state index contributed by atoms with van der Waals surface area (Å²) in [4.78, 5) is 0. The molecule has 3 nitrogen and oxygen atoms in total. The summed E-state index contributed by atoms with van der Waals surface area (Å²) in [7, 11) is 1.70. The van der Waals surface area contributed by atoms with Gasteiger partial charge in [-0.05, 0) is 37.5 Å². The third-order valence-electron chi connectivity index (χ3n) is 2.36. The molecule has 0 saturated heterocycles.